The van der Waals surface area contributed by atoms with Crippen molar-refractivity contribution in [3.8, 4) is 0 Å². The number of hydrogen-bond acceptors (Lipinski definition) is 4. The van der Waals surface area contributed by atoms with Gasteiger partial charge in [0.2, 0.25) is 0 Å². The zero-order chi connectivity index (χ0) is 20.0. The lowest BCUT2D eigenvalue weighted by Gasteiger charge is -2.44. The van der Waals surface area contributed by atoms with Gasteiger partial charge < -0.3 is 10.2 Å². The Morgan fingerprint density at radius 1 is 1.14 bits per heavy atom. The van der Waals surface area contributed by atoms with Gasteiger partial charge in [0, 0.05) is 44.2 Å². The zero-order valence-electron chi connectivity index (χ0n) is 18.0. The molecule has 2 aliphatic carbocycles. The molecule has 2 N–H and O–H groups in total. The van der Waals surface area contributed by atoms with Crippen molar-refractivity contribution in [2.75, 3.05) is 46.3 Å². The van der Waals surface area contributed by atoms with Crippen LogP contribution in [0.3, 0.4) is 0 Å². The Balaban J connectivity index is 1.60. The lowest BCUT2D eigenvalue weighted by atomic mass is 9.67. The molecule has 5 heteroatoms. The molecule has 28 heavy (non-hydrogen) atoms. The maximum Gasteiger partial charge on any atom is 0.0219 e. The quantitative estimate of drug-likeness (QED) is 0.638. The highest BCUT2D eigenvalue weighted by atomic mass is 32.2. The molecule has 0 radical (unpaired) electrons. The minimum atomic E-state index is -1.39. The molecule has 158 valence electrons. The fourth-order valence-corrected chi connectivity index (χ4v) is 6.81. The summed E-state index contributed by atoms with van der Waals surface area (Å²) in [5, 5.41) is 3.47. The molecule has 4 nitrogen and oxygen atoms in total. The summed E-state index contributed by atoms with van der Waals surface area (Å²) in [7, 11) is 0.693. The van der Waals surface area contributed by atoms with E-state index in [-0.39, 0.29) is 5.41 Å². The van der Waals surface area contributed by atoms with E-state index in [0.29, 0.717) is 6.04 Å². The van der Waals surface area contributed by atoms with Crippen LogP contribution in [0.25, 0.3) is 0 Å². The summed E-state index contributed by atoms with van der Waals surface area (Å²) in [6.45, 7) is 8.91. The van der Waals surface area contributed by atoms with Gasteiger partial charge in [0.05, 0.1) is 0 Å². The van der Waals surface area contributed by atoms with Crippen LogP contribution in [0.4, 0.5) is 0 Å². The third-order valence-electron chi connectivity index (χ3n) is 6.73. The van der Waals surface area contributed by atoms with Crippen molar-refractivity contribution in [1.29, 1.82) is 0 Å². The predicted octanol–water partition coefficient (Wildman–Crippen LogP) is 3.30. The fourth-order valence-electron chi connectivity index (χ4n) is 4.95. The molecule has 3 aliphatic rings. The number of nitrogens with one attached hydrogen (secondary N) is 2. The van der Waals surface area contributed by atoms with Crippen LogP contribution in [0.2, 0.25) is 0 Å². The van der Waals surface area contributed by atoms with Crippen LogP contribution in [0, 0.1) is 5.41 Å². The average Bonchev–Trinajstić information content (AvgIpc) is 3.00. The summed E-state index contributed by atoms with van der Waals surface area (Å²) >= 11 is 0. The maximum absolute atomic E-state index is 4.54. The second-order valence-corrected chi connectivity index (χ2v) is 11.0. The van der Waals surface area contributed by atoms with Crippen LogP contribution in [-0.4, -0.2) is 73.3 Å². The number of rotatable bonds is 7. The lowest BCUT2D eigenvalue weighted by molar-refractivity contribution is 0.199. The molecule has 0 aromatic rings. The molecule has 1 saturated heterocycles. The SMILES string of the molecule is C=S(=C)(NC1CCC(CNC)(C2=CCC=CC=C2)CC1)N1CCN(CC)CC1. The first kappa shape index (κ1) is 21.8. The average molecular weight is 405 g/mol. The Hall–Kier alpha value is -0.850. The Bertz CT molecular complexity index is 688. The van der Waals surface area contributed by atoms with Crippen LogP contribution in [0.5, 0.6) is 0 Å². The molecule has 0 unspecified atom stereocenters. The molecule has 0 bridgehead atoms. The third-order valence-corrected chi connectivity index (χ3v) is 8.85. The largest absolute Gasteiger partial charge is 0.319 e. The number of piperazine rings is 1. The minimum absolute atomic E-state index is 0.266. The second kappa shape index (κ2) is 9.77. The van der Waals surface area contributed by atoms with Crippen LogP contribution in [-0.2, 0) is 0 Å². The van der Waals surface area contributed by atoms with E-state index in [0.717, 1.165) is 45.7 Å². The summed E-state index contributed by atoms with van der Waals surface area (Å²) in [6, 6.07) is 0.535. The van der Waals surface area contributed by atoms with Crippen molar-refractivity contribution in [1.82, 2.24) is 19.2 Å². The standard InChI is InChI=1S/C23H40N4S/c1-5-26-16-18-27(19-17-26)28(3,4)25-22-12-14-23(15-13-22,20-24-2)21-10-8-6-7-9-11-21/h6-8,10-11,22,24-25H,3-5,9,12-20H2,1-2H3. The second-order valence-electron chi connectivity index (χ2n) is 8.59. The molecule has 0 aromatic carbocycles. The number of allylic oxidation sites excluding steroid dienone is 5. The number of nitrogens with zero attached hydrogens (tertiary/aromatic N) is 2. The summed E-state index contributed by atoms with van der Waals surface area (Å²) in [6.07, 6.45) is 17.3. The van der Waals surface area contributed by atoms with Crippen molar-refractivity contribution < 1.29 is 0 Å². The third kappa shape index (κ3) is 5.19. The Labute approximate surface area is 173 Å². The van der Waals surface area contributed by atoms with Crippen molar-refractivity contribution in [3.63, 3.8) is 0 Å². The molecule has 1 heterocycles. The van der Waals surface area contributed by atoms with E-state index in [1.165, 1.54) is 31.3 Å². The van der Waals surface area contributed by atoms with Crippen LogP contribution in [0.15, 0.2) is 36.0 Å². The molecule has 3 rings (SSSR count). The van der Waals surface area contributed by atoms with E-state index in [9.17, 15) is 0 Å². The molecule has 1 aliphatic heterocycles. The van der Waals surface area contributed by atoms with Crippen molar-refractivity contribution in [3.05, 3.63) is 36.0 Å². The van der Waals surface area contributed by atoms with Gasteiger partial charge in [-0.1, -0.05) is 49.0 Å². The van der Waals surface area contributed by atoms with E-state index in [2.05, 4.69) is 75.3 Å². The van der Waals surface area contributed by atoms with Crippen molar-refractivity contribution >= 4 is 21.3 Å². The highest BCUT2D eigenvalue weighted by Crippen LogP contribution is 2.44. The van der Waals surface area contributed by atoms with E-state index < -0.39 is 9.58 Å². The molecule has 2 fully saturated rings. The van der Waals surface area contributed by atoms with Gasteiger partial charge in [-0.25, -0.2) is 4.31 Å². The Kier molecular flexibility index (Phi) is 7.62. The smallest absolute Gasteiger partial charge is 0.0219 e. The van der Waals surface area contributed by atoms with E-state index in [1.807, 2.05) is 0 Å². The first-order valence-electron chi connectivity index (χ1n) is 10.9. The summed E-state index contributed by atoms with van der Waals surface area (Å²) in [5.41, 5.74) is 1.78. The minimum Gasteiger partial charge on any atom is -0.319 e. The number of hydrogen-bond donors (Lipinski definition) is 2. The molecule has 0 atom stereocenters. The first-order chi connectivity index (χ1) is 13.5. The topological polar surface area (TPSA) is 30.5 Å². The van der Waals surface area contributed by atoms with Gasteiger partial charge in [-0.15, -0.1) is 9.58 Å². The van der Waals surface area contributed by atoms with Gasteiger partial charge in [0.25, 0.3) is 0 Å². The monoisotopic (exact) mass is 404 g/mol. The van der Waals surface area contributed by atoms with E-state index >= 15 is 0 Å². The first-order valence-corrected chi connectivity index (χ1v) is 12.8. The molecular formula is C23H40N4S. The normalized spacial score (nSPS) is 30.2. The van der Waals surface area contributed by atoms with Crippen LogP contribution in [0.1, 0.15) is 39.0 Å². The van der Waals surface area contributed by atoms with Crippen LogP contribution < -0.4 is 10.0 Å². The maximum atomic E-state index is 4.54. The molecule has 0 spiro atoms. The lowest BCUT2D eigenvalue weighted by Crippen LogP contribution is -2.48. The van der Waals surface area contributed by atoms with Gasteiger partial charge in [0.15, 0.2) is 0 Å². The van der Waals surface area contributed by atoms with Crippen molar-refractivity contribution in [2.24, 2.45) is 5.41 Å². The van der Waals surface area contributed by atoms with E-state index in [4.69, 9.17) is 0 Å². The summed E-state index contributed by atoms with van der Waals surface area (Å²) < 4.78 is 6.40. The summed E-state index contributed by atoms with van der Waals surface area (Å²) in [4.78, 5) is 2.52. The van der Waals surface area contributed by atoms with Gasteiger partial charge in [-0.3, -0.25) is 4.72 Å². The van der Waals surface area contributed by atoms with E-state index in [1.54, 1.807) is 0 Å². The van der Waals surface area contributed by atoms with Crippen molar-refractivity contribution in [2.45, 2.75) is 45.1 Å². The molecule has 0 amide bonds. The molecule has 0 aromatic heterocycles. The van der Waals surface area contributed by atoms with Gasteiger partial charge in [-0.2, -0.15) is 0 Å². The van der Waals surface area contributed by atoms with Gasteiger partial charge in [-0.05, 0) is 51.3 Å². The predicted molar refractivity (Wildman–Crippen MR) is 128 cm³/mol. The zero-order valence-corrected chi connectivity index (χ0v) is 18.8. The fraction of sp³-hybridized carbons (Fsp3) is 0.652. The van der Waals surface area contributed by atoms with Gasteiger partial charge in [0.1, 0.15) is 0 Å². The molecular weight excluding hydrogens is 364 g/mol. The highest BCUT2D eigenvalue weighted by Gasteiger charge is 2.37. The Morgan fingerprint density at radius 2 is 1.86 bits per heavy atom. The van der Waals surface area contributed by atoms with Crippen LogP contribution >= 0.6 is 9.58 Å². The molecule has 1 saturated carbocycles. The number of likely N-dealkylation sites (N-methyl/N-ethyl adjacent to an activating group) is 1. The highest BCUT2D eigenvalue weighted by molar-refractivity contribution is 8.24. The van der Waals surface area contributed by atoms with Gasteiger partial charge >= 0.3 is 0 Å². The Morgan fingerprint density at radius 3 is 2.50 bits per heavy atom. The summed E-state index contributed by atoms with van der Waals surface area (Å²) in [5.74, 6) is 9.08.